The number of tetrazole rings is 1. The SMILES string of the molecule is COc1ccc(CCN(C)C(=O)Cn2cc(CCc3nnn[nH]3)c3c(OCc4ccccc4)cccc32)cc1. The number of carbonyl (C=O) groups excluding carboxylic acids is 1. The normalized spacial score (nSPS) is 11.0. The molecule has 9 heteroatoms. The standard InChI is InChI=1S/C30H32N6O3/c1-35(18-17-22-11-14-25(38-2)15-12-22)29(37)20-36-19-24(13-16-28-31-33-34-32-28)30-26(36)9-6-10-27(30)39-21-23-7-4-3-5-8-23/h3-12,14-15,19H,13,16-18,20-21H2,1-2H3,(H,31,32,33,34). The molecule has 0 unspecified atom stereocenters. The number of benzene rings is 3. The average molecular weight is 525 g/mol. The summed E-state index contributed by atoms with van der Waals surface area (Å²) in [6.07, 6.45) is 4.17. The molecule has 5 aromatic rings. The maximum absolute atomic E-state index is 13.2. The summed E-state index contributed by atoms with van der Waals surface area (Å²) in [4.78, 5) is 15.0. The van der Waals surface area contributed by atoms with Gasteiger partial charge in [-0.25, -0.2) is 5.10 Å². The molecule has 0 aliphatic carbocycles. The Labute approximate surface area is 227 Å². The summed E-state index contributed by atoms with van der Waals surface area (Å²) < 4.78 is 13.5. The van der Waals surface area contributed by atoms with E-state index >= 15 is 0 Å². The van der Waals surface area contributed by atoms with E-state index in [1.54, 1.807) is 12.0 Å². The number of nitrogens with zero attached hydrogens (tertiary/aromatic N) is 5. The summed E-state index contributed by atoms with van der Waals surface area (Å²) >= 11 is 0. The van der Waals surface area contributed by atoms with E-state index in [0.29, 0.717) is 31.8 Å². The van der Waals surface area contributed by atoms with Crippen molar-refractivity contribution in [2.75, 3.05) is 20.7 Å². The fraction of sp³-hybridized carbons (Fsp3) is 0.267. The van der Waals surface area contributed by atoms with Crippen LogP contribution in [0.5, 0.6) is 11.5 Å². The highest BCUT2D eigenvalue weighted by Gasteiger charge is 2.18. The van der Waals surface area contributed by atoms with Crippen LogP contribution in [0.3, 0.4) is 0 Å². The van der Waals surface area contributed by atoms with Crippen LogP contribution in [0, 0.1) is 0 Å². The number of methoxy groups -OCH3 is 1. The van der Waals surface area contributed by atoms with Gasteiger partial charge in [-0.3, -0.25) is 4.79 Å². The van der Waals surface area contributed by atoms with Crippen LogP contribution in [0.1, 0.15) is 22.5 Å². The number of amides is 1. The molecule has 0 spiro atoms. The second-order valence-electron chi connectivity index (χ2n) is 9.47. The summed E-state index contributed by atoms with van der Waals surface area (Å²) in [6, 6.07) is 24.0. The zero-order valence-corrected chi connectivity index (χ0v) is 22.2. The molecule has 0 aliphatic rings. The summed E-state index contributed by atoms with van der Waals surface area (Å²) in [6.45, 7) is 1.33. The van der Waals surface area contributed by atoms with Crippen molar-refractivity contribution in [3.8, 4) is 11.5 Å². The molecule has 0 fully saturated rings. The number of carbonyl (C=O) groups is 1. The van der Waals surface area contributed by atoms with Crippen molar-refractivity contribution < 1.29 is 14.3 Å². The molecule has 0 atom stereocenters. The van der Waals surface area contributed by atoms with Gasteiger partial charge in [0.15, 0.2) is 0 Å². The van der Waals surface area contributed by atoms with Crippen LogP contribution < -0.4 is 9.47 Å². The van der Waals surface area contributed by atoms with Gasteiger partial charge >= 0.3 is 0 Å². The Morgan fingerprint density at radius 3 is 2.51 bits per heavy atom. The van der Waals surface area contributed by atoms with Crippen molar-refractivity contribution in [3.05, 3.63) is 102 Å². The van der Waals surface area contributed by atoms with Gasteiger partial charge in [0.1, 0.15) is 30.5 Å². The molecule has 1 amide bonds. The van der Waals surface area contributed by atoms with E-state index in [9.17, 15) is 4.79 Å². The third-order valence-electron chi connectivity index (χ3n) is 6.83. The molecule has 39 heavy (non-hydrogen) atoms. The highest BCUT2D eigenvalue weighted by Crippen LogP contribution is 2.32. The minimum atomic E-state index is 0.0435. The number of aromatic nitrogens is 5. The Hall–Kier alpha value is -4.66. The Morgan fingerprint density at radius 2 is 1.77 bits per heavy atom. The second-order valence-corrected chi connectivity index (χ2v) is 9.47. The van der Waals surface area contributed by atoms with E-state index in [1.165, 1.54) is 0 Å². The summed E-state index contributed by atoms with van der Waals surface area (Å²) in [5, 5.41) is 15.2. The number of nitrogens with one attached hydrogen (secondary N) is 1. The van der Waals surface area contributed by atoms with Gasteiger partial charge in [0.25, 0.3) is 0 Å². The number of hydrogen-bond acceptors (Lipinski definition) is 6. The quantitative estimate of drug-likeness (QED) is 0.262. The largest absolute Gasteiger partial charge is 0.497 e. The molecule has 0 saturated carbocycles. The number of rotatable bonds is 12. The minimum absolute atomic E-state index is 0.0435. The maximum Gasteiger partial charge on any atom is 0.242 e. The van der Waals surface area contributed by atoms with Gasteiger partial charge in [-0.1, -0.05) is 48.5 Å². The van der Waals surface area contributed by atoms with Crippen molar-refractivity contribution in [1.29, 1.82) is 0 Å². The van der Waals surface area contributed by atoms with Crippen LogP contribution in [-0.4, -0.2) is 56.7 Å². The lowest BCUT2D eigenvalue weighted by molar-refractivity contribution is -0.130. The average Bonchev–Trinajstić information content (AvgIpc) is 3.63. The molecule has 2 heterocycles. The molecule has 2 aromatic heterocycles. The lowest BCUT2D eigenvalue weighted by Crippen LogP contribution is -2.31. The zero-order valence-electron chi connectivity index (χ0n) is 22.2. The highest BCUT2D eigenvalue weighted by atomic mass is 16.5. The van der Waals surface area contributed by atoms with Gasteiger partial charge in [-0.15, -0.1) is 5.10 Å². The molecule has 3 aromatic carbocycles. The molecular formula is C30H32N6O3. The van der Waals surface area contributed by atoms with E-state index < -0.39 is 0 Å². The van der Waals surface area contributed by atoms with Crippen LogP contribution in [0.15, 0.2) is 79.0 Å². The van der Waals surface area contributed by atoms with Crippen LogP contribution in [0.25, 0.3) is 10.9 Å². The lowest BCUT2D eigenvalue weighted by atomic mass is 10.1. The first-order valence-corrected chi connectivity index (χ1v) is 13.0. The second kappa shape index (κ2) is 12.3. The fourth-order valence-electron chi connectivity index (χ4n) is 4.60. The summed E-state index contributed by atoms with van der Waals surface area (Å²) in [7, 11) is 3.51. The summed E-state index contributed by atoms with van der Waals surface area (Å²) in [5.74, 6) is 2.38. The van der Waals surface area contributed by atoms with E-state index in [0.717, 1.165) is 45.5 Å². The minimum Gasteiger partial charge on any atom is -0.497 e. The molecule has 9 nitrogen and oxygen atoms in total. The van der Waals surface area contributed by atoms with Crippen molar-refractivity contribution in [1.82, 2.24) is 30.1 Å². The third kappa shape index (κ3) is 6.43. The molecular weight excluding hydrogens is 492 g/mol. The Morgan fingerprint density at radius 1 is 0.949 bits per heavy atom. The number of aromatic amines is 1. The highest BCUT2D eigenvalue weighted by molar-refractivity contribution is 5.91. The van der Waals surface area contributed by atoms with Gasteiger partial charge < -0.3 is 18.9 Å². The number of likely N-dealkylation sites (N-methyl/N-ethyl adjacent to an activating group) is 1. The number of H-pyrrole nitrogens is 1. The topological polar surface area (TPSA) is 98.2 Å². The van der Waals surface area contributed by atoms with Crippen molar-refractivity contribution in [3.63, 3.8) is 0 Å². The number of aryl methyl sites for hydroxylation is 2. The Kier molecular flexibility index (Phi) is 8.16. The van der Waals surface area contributed by atoms with Crippen molar-refractivity contribution >= 4 is 16.8 Å². The van der Waals surface area contributed by atoms with Crippen LogP contribution in [0.2, 0.25) is 0 Å². The predicted molar refractivity (Wildman–Crippen MR) is 149 cm³/mol. The van der Waals surface area contributed by atoms with Gasteiger partial charge in [0.2, 0.25) is 5.91 Å². The number of ether oxygens (including phenoxy) is 2. The Balaban J connectivity index is 1.34. The number of fused-ring (bicyclic) bond motifs is 1. The molecule has 0 saturated heterocycles. The lowest BCUT2D eigenvalue weighted by Gasteiger charge is -2.18. The smallest absolute Gasteiger partial charge is 0.242 e. The molecule has 0 radical (unpaired) electrons. The van der Waals surface area contributed by atoms with Crippen LogP contribution in [0.4, 0.5) is 0 Å². The Bertz CT molecular complexity index is 1500. The van der Waals surface area contributed by atoms with Gasteiger partial charge in [0, 0.05) is 31.6 Å². The molecule has 200 valence electrons. The summed E-state index contributed by atoms with van der Waals surface area (Å²) in [5.41, 5.74) is 4.30. The van der Waals surface area contributed by atoms with Crippen molar-refractivity contribution in [2.24, 2.45) is 0 Å². The predicted octanol–water partition coefficient (Wildman–Crippen LogP) is 4.23. The molecule has 0 aliphatic heterocycles. The van der Waals surface area contributed by atoms with Gasteiger partial charge in [-0.2, -0.15) is 0 Å². The molecule has 1 N–H and O–H groups in total. The van der Waals surface area contributed by atoms with Crippen molar-refractivity contribution in [2.45, 2.75) is 32.4 Å². The molecule has 0 bridgehead atoms. The first-order chi connectivity index (χ1) is 19.1. The van der Waals surface area contributed by atoms with Gasteiger partial charge in [-0.05, 0) is 64.2 Å². The van der Waals surface area contributed by atoms with Gasteiger partial charge in [0.05, 0.1) is 12.6 Å². The van der Waals surface area contributed by atoms with E-state index in [2.05, 4.69) is 26.8 Å². The fourth-order valence-corrected chi connectivity index (χ4v) is 4.60. The molecule has 5 rings (SSSR count). The number of hydrogen-bond donors (Lipinski definition) is 1. The van der Waals surface area contributed by atoms with Crippen LogP contribution >= 0.6 is 0 Å². The van der Waals surface area contributed by atoms with E-state index in [4.69, 9.17) is 9.47 Å². The van der Waals surface area contributed by atoms with E-state index in [1.807, 2.05) is 84.4 Å². The van der Waals surface area contributed by atoms with Crippen LogP contribution in [-0.2, 0) is 37.2 Å². The monoisotopic (exact) mass is 524 g/mol. The first-order valence-electron chi connectivity index (χ1n) is 13.0. The zero-order chi connectivity index (χ0) is 27.0. The third-order valence-corrected chi connectivity index (χ3v) is 6.83. The maximum atomic E-state index is 13.2. The first kappa shape index (κ1) is 26.0. The van der Waals surface area contributed by atoms with E-state index in [-0.39, 0.29) is 12.5 Å².